The minimum atomic E-state index is -0.130. The van der Waals surface area contributed by atoms with Crippen molar-refractivity contribution in [2.75, 3.05) is 6.61 Å². The monoisotopic (exact) mass is 260 g/mol. The Kier molecular flexibility index (Phi) is 3.39. The van der Waals surface area contributed by atoms with E-state index < -0.39 is 0 Å². The van der Waals surface area contributed by atoms with Crippen molar-refractivity contribution in [3.63, 3.8) is 0 Å². The van der Waals surface area contributed by atoms with E-state index in [2.05, 4.69) is 5.43 Å². The average molecular weight is 260 g/mol. The summed E-state index contributed by atoms with van der Waals surface area (Å²) in [7, 11) is 0. The van der Waals surface area contributed by atoms with E-state index in [1.807, 2.05) is 30.3 Å². The fourth-order valence-electron chi connectivity index (χ4n) is 2.19. The first-order valence-corrected chi connectivity index (χ1v) is 6.22. The first-order chi connectivity index (χ1) is 9.36. The third-order valence-corrected chi connectivity index (χ3v) is 3.23. The number of hydrazine groups is 1. The number of nitrogens with two attached hydrogens (primary N) is 1. The van der Waals surface area contributed by atoms with Crippen molar-refractivity contribution in [2.24, 2.45) is 5.84 Å². The van der Waals surface area contributed by atoms with Gasteiger partial charge in [0.15, 0.2) is 11.5 Å². The van der Waals surface area contributed by atoms with Crippen LogP contribution in [0.25, 0.3) is 0 Å². The van der Waals surface area contributed by atoms with Crippen molar-refractivity contribution in [1.82, 2.24) is 5.43 Å². The highest BCUT2D eigenvalue weighted by Crippen LogP contribution is 2.31. The summed E-state index contributed by atoms with van der Waals surface area (Å²) in [5.41, 5.74) is 3.87. The summed E-state index contributed by atoms with van der Waals surface area (Å²) < 4.78 is 16.7. The topological polar surface area (TPSA) is 69.7 Å². The van der Waals surface area contributed by atoms with Crippen LogP contribution in [0, 0.1) is 0 Å². The highest BCUT2D eigenvalue weighted by molar-refractivity contribution is 5.40. The molecule has 1 aromatic carbocycles. The molecular formula is C14H16N2O3. The van der Waals surface area contributed by atoms with Gasteiger partial charge in [0, 0.05) is 0 Å². The molecule has 0 fully saturated rings. The van der Waals surface area contributed by atoms with Gasteiger partial charge >= 0.3 is 0 Å². The Morgan fingerprint density at radius 2 is 2.11 bits per heavy atom. The molecule has 3 N–H and O–H groups in total. The fraction of sp³-hybridized carbons (Fsp3) is 0.286. The van der Waals surface area contributed by atoms with Crippen LogP contribution in [0.2, 0.25) is 0 Å². The first-order valence-electron chi connectivity index (χ1n) is 6.22. The molecule has 5 nitrogen and oxygen atoms in total. The Bertz CT molecular complexity index is 527. The third-order valence-electron chi connectivity index (χ3n) is 3.23. The van der Waals surface area contributed by atoms with Gasteiger partial charge < -0.3 is 13.9 Å². The molecular weight excluding hydrogens is 244 g/mol. The minimum absolute atomic E-state index is 0.0362. The number of hydrogen-bond donors (Lipinski definition) is 2. The molecule has 0 bridgehead atoms. The predicted molar refractivity (Wildman–Crippen MR) is 69.9 cm³/mol. The van der Waals surface area contributed by atoms with Crippen LogP contribution in [0.15, 0.2) is 47.3 Å². The van der Waals surface area contributed by atoms with E-state index in [0.29, 0.717) is 6.61 Å². The molecule has 5 heteroatoms. The molecule has 0 spiro atoms. The predicted octanol–water partition coefficient (Wildman–Crippen LogP) is 1.49. The molecule has 100 valence electrons. The molecule has 0 saturated carbocycles. The van der Waals surface area contributed by atoms with E-state index in [-0.39, 0.29) is 12.1 Å². The summed E-state index contributed by atoms with van der Waals surface area (Å²) in [5.74, 6) is 7.16. The largest absolute Gasteiger partial charge is 0.486 e. The normalized spacial score (nSPS) is 19.1. The maximum absolute atomic E-state index is 5.94. The second-order valence-electron chi connectivity index (χ2n) is 4.52. The van der Waals surface area contributed by atoms with Crippen LogP contribution in [0.3, 0.4) is 0 Å². The number of benzene rings is 1. The minimum Gasteiger partial charge on any atom is -0.486 e. The van der Waals surface area contributed by atoms with Crippen LogP contribution in [0.4, 0.5) is 0 Å². The molecule has 0 amide bonds. The van der Waals surface area contributed by atoms with Crippen molar-refractivity contribution in [2.45, 2.75) is 18.6 Å². The van der Waals surface area contributed by atoms with E-state index in [0.717, 1.165) is 23.5 Å². The van der Waals surface area contributed by atoms with E-state index in [4.69, 9.17) is 19.7 Å². The van der Waals surface area contributed by atoms with Gasteiger partial charge in [-0.1, -0.05) is 12.1 Å². The Balaban J connectivity index is 1.72. The fourth-order valence-corrected chi connectivity index (χ4v) is 2.19. The number of nitrogens with one attached hydrogen (secondary N) is 1. The van der Waals surface area contributed by atoms with Crippen LogP contribution in [0.1, 0.15) is 5.56 Å². The van der Waals surface area contributed by atoms with E-state index in [1.165, 1.54) is 0 Å². The summed E-state index contributed by atoms with van der Waals surface area (Å²) in [6, 6.07) is 9.52. The van der Waals surface area contributed by atoms with Gasteiger partial charge in [-0.05, 0) is 30.2 Å². The number of fused-ring (bicyclic) bond motifs is 1. The maximum Gasteiger partial charge on any atom is 0.161 e. The molecule has 1 aliphatic heterocycles. The molecule has 3 rings (SSSR count). The highest BCUT2D eigenvalue weighted by atomic mass is 16.6. The quantitative estimate of drug-likeness (QED) is 0.644. The molecule has 1 aliphatic rings. The number of rotatable bonds is 4. The lowest BCUT2D eigenvalue weighted by atomic mass is 10.0. The number of hydrogen-bond acceptors (Lipinski definition) is 5. The van der Waals surface area contributed by atoms with Crippen molar-refractivity contribution in [3.8, 4) is 11.5 Å². The lowest BCUT2D eigenvalue weighted by Gasteiger charge is -2.31. The van der Waals surface area contributed by atoms with Crippen molar-refractivity contribution in [1.29, 1.82) is 0 Å². The standard InChI is InChI=1S/C14H16N2O3/c15-16-11(7-10-5-6-17-8-10)14-9-18-12-3-1-2-4-13(12)19-14/h1-6,8,11,14,16H,7,9,15H2. The van der Waals surface area contributed by atoms with Gasteiger partial charge in [-0.3, -0.25) is 11.3 Å². The zero-order chi connectivity index (χ0) is 13.1. The Labute approximate surface area is 111 Å². The van der Waals surface area contributed by atoms with E-state index in [9.17, 15) is 0 Å². The van der Waals surface area contributed by atoms with Gasteiger partial charge in [-0.25, -0.2) is 0 Å². The Morgan fingerprint density at radius 3 is 2.84 bits per heavy atom. The summed E-state index contributed by atoms with van der Waals surface area (Å²) >= 11 is 0. The zero-order valence-corrected chi connectivity index (χ0v) is 10.4. The molecule has 19 heavy (non-hydrogen) atoms. The molecule has 1 aromatic heterocycles. The van der Waals surface area contributed by atoms with Gasteiger partial charge in [0.1, 0.15) is 12.7 Å². The molecule has 2 aromatic rings. The first kappa shape index (κ1) is 12.1. The SMILES string of the molecule is NNC(Cc1ccoc1)C1COc2ccccc2O1. The smallest absolute Gasteiger partial charge is 0.161 e. The van der Waals surface area contributed by atoms with Crippen LogP contribution in [0.5, 0.6) is 11.5 Å². The van der Waals surface area contributed by atoms with Gasteiger partial charge in [-0.15, -0.1) is 0 Å². The van der Waals surface area contributed by atoms with Crippen LogP contribution >= 0.6 is 0 Å². The van der Waals surface area contributed by atoms with Gasteiger partial charge in [0.05, 0.1) is 18.6 Å². The van der Waals surface area contributed by atoms with Gasteiger partial charge in [-0.2, -0.15) is 0 Å². The maximum atomic E-state index is 5.94. The summed E-state index contributed by atoms with van der Waals surface area (Å²) in [4.78, 5) is 0. The van der Waals surface area contributed by atoms with Crippen molar-refractivity contribution < 1.29 is 13.9 Å². The van der Waals surface area contributed by atoms with Crippen LogP contribution in [-0.4, -0.2) is 18.8 Å². The van der Waals surface area contributed by atoms with E-state index in [1.54, 1.807) is 12.5 Å². The molecule has 0 radical (unpaired) electrons. The second-order valence-corrected chi connectivity index (χ2v) is 4.52. The number of ether oxygens (including phenoxy) is 2. The lowest BCUT2D eigenvalue weighted by molar-refractivity contribution is 0.0619. The summed E-state index contributed by atoms with van der Waals surface area (Å²) in [6.07, 6.45) is 3.96. The summed E-state index contributed by atoms with van der Waals surface area (Å²) in [5, 5.41) is 0. The Morgan fingerprint density at radius 1 is 1.26 bits per heavy atom. The van der Waals surface area contributed by atoms with Crippen molar-refractivity contribution in [3.05, 3.63) is 48.4 Å². The summed E-state index contributed by atoms with van der Waals surface area (Å²) in [6.45, 7) is 0.476. The molecule has 2 unspecified atom stereocenters. The molecule has 2 heterocycles. The number of para-hydroxylation sites is 2. The molecule has 0 aliphatic carbocycles. The highest BCUT2D eigenvalue weighted by Gasteiger charge is 2.28. The van der Waals surface area contributed by atoms with Crippen molar-refractivity contribution >= 4 is 0 Å². The Hall–Kier alpha value is -1.98. The van der Waals surface area contributed by atoms with Gasteiger partial charge in [0.25, 0.3) is 0 Å². The second kappa shape index (κ2) is 5.34. The molecule has 0 saturated heterocycles. The van der Waals surface area contributed by atoms with E-state index >= 15 is 0 Å². The average Bonchev–Trinajstić information content (AvgIpc) is 2.97. The van der Waals surface area contributed by atoms with Gasteiger partial charge in [0.2, 0.25) is 0 Å². The molecule has 2 atom stereocenters. The zero-order valence-electron chi connectivity index (χ0n) is 10.4. The van der Waals surface area contributed by atoms with Crippen LogP contribution < -0.4 is 20.7 Å². The number of furan rings is 1. The van der Waals surface area contributed by atoms with Crippen LogP contribution in [-0.2, 0) is 6.42 Å². The third kappa shape index (κ3) is 2.57. The lowest BCUT2D eigenvalue weighted by Crippen LogP contribution is -2.51.